The van der Waals surface area contributed by atoms with Crippen molar-refractivity contribution >= 4 is 21.6 Å². The van der Waals surface area contributed by atoms with Gasteiger partial charge in [-0.3, -0.25) is 0 Å². The van der Waals surface area contributed by atoms with Gasteiger partial charge in [-0.1, -0.05) is 15.9 Å². The van der Waals surface area contributed by atoms with Gasteiger partial charge < -0.3 is 10.5 Å². The van der Waals surface area contributed by atoms with Crippen LogP contribution in [0, 0.1) is 5.82 Å². The Kier molecular flexibility index (Phi) is 2.92. The Hall–Kier alpha value is -0.770. The highest BCUT2D eigenvalue weighted by Crippen LogP contribution is 2.28. The lowest BCUT2D eigenvalue weighted by atomic mass is 10.3. The Morgan fingerprint density at radius 2 is 2.25 bits per heavy atom. The first kappa shape index (κ1) is 9.32. The van der Waals surface area contributed by atoms with Crippen molar-refractivity contribution in [1.82, 2.24) is 0 Å². The van der Waals surface area contributed by atoms with Crippen molar-refractivity contribution in [2.24, 2.45) is 0 Å². The summed E-state index contributed by atoms with van der Waals surface area (Å²) in [4.78, 5) is 0. The minimum absolute atomic E-state index is 0.0556. The third kappa shape index (κ3) is 1.88. The van der Waals surface area contributed by atoms with Crippen LogP contribution in [0.15, 0.2) is 16.6 Å². The lowest BCUT2D eigenvalue weighted by Crippen LogP contribution is -1.99. The number of halogens is 2. The predicted molar refractivity (Wildman–Crippen MR) is 49.7 cm³/mol. The molecular formula is C8H9BrFNO. The molecule has 4 heteroatoms. The monoisotopic (exact) mass is 233 g/mol. The van der Waals surface area contributed by atoms with E-state index in [1.165, 1.54) is 6.07 Å². The second kappa shape index (κ2) is 3.76. The number of nitrogen functional groups attached to an aromatic ring is 1. The topological polar surface area (TPSA) is 35.2 Å². The van der Waals surface area contributed by atoms with Gasteiger partial charge in [0.25, 0.3) is 0 Å². The number of rotatable bonds is 2. The van der Waals surface area contributed by atoms with E-state index in [4.69, 9.17) is 10.5 Å². The SMILES string of the molecule is CCOc1cc(Br)cc(F)c1N. The van der Waals surface area contributed by atoms with E-state index < -0.39 is 5.82 Å². The van der Waals surface area contributed by atoms with Crippen molar-refractivity contribution in [3.63, 3.8) is 0 Å². The maximum atomic E-state index is 12.9. The van der Waals surface area contributed by atoms with Gasteiger partial charge in [0.05, 0.1) is 6.61 Å². The van der Waals surface area contributed by atoms with Crippen LogP contribution in [0.25, 0.3) is 0 Å². The third-order valence-corrected chi connectivity index (χ3v) is 1.81. The zero-order valence-corrected chi connectivity index (χ0v) is 8.19. The van der Waals surface area contributed by atoms with Gasteiger partial charge in [0.2, 0.25) is 0 Å². The van der Waals surface area contributed by atoms with E-state index in [1.807, 2.05) is 6.92 Å². The summed E-state index contributed by atoms with van der Waals surface area (Å²) >= 11 is 3.14. The summed E-state index contributed by atoms with van der Waals surface area (Å²) in [6, 6.07) is 2.94. The molecule has 1 aromatic carbocycles. The summed E-state index contributed by atoms with van der Waals surface area (Å²) in [6.07, 6.45) is 0. The Morgan fingerprint density at radius 1 is 1.58 bits per heavy atom. The average Bonchev–Trinajstić information content (AvgIpc) is 2.00. The molecule has 0 atom stereocenters. The molecule has 0 aromatic heterocycles. The Labute approximate surface area is 78.6 Å². The summed E-state index contributed by atoms with van der Waals surface area (Å²) in [5, 5.41) is 0. The molecule has 0 radical (unpaired) electrons. The van der Waals surface area contributed by atoms with Crippen LogP contribution >= 0.6 is 15.9 Å². The number of anilines is 1. The summed E-state index contributed by atoms with van der Waals surface area (Å²) in [5.41, 5.74) is 5.47. The second-order valence-electron chi connectivity index (χ2n) is 2.23. The van der Waals surface area contributed by atoms with Crippen LogP contribution in [-0.2, 0) is 0 Å². The fourth-order valence-electron chi connectivity index (χ4n) is 0.836. The standard InChI is InChI=1S/C8H9BrFNO/c1-2-12-7-4-5(9)3-6(10)8(7)11/h3-4H,2,11H2,1H3. The van der Waals surface area contributed by atoms with E-state index in [-0.39, 0.29) is 5.69 Å². The largest absolute Gasteiger partial charge is 0.492 e. The van der Waals surface area contributed by atoms with E-state index in [0.717, 1.165) is 0 Å². The van der Waals surface area contributed by atoms with Gasteiger partial charge in [0, 0.05) is 4.47 Å². The summed E-state index contributed by atoms with van der Waals surface area (Å²) in [6.45, 7) is 2.29. The number of hydrogen-bond donors (Lipinski definition) is 1. The molecule has 2 nitrogen and oxygen atoms in total. The molecule has 0 aliphatic carbocycles. The number of hydrogen-bond acceptors (Lipinski definition) is 2. The third-order valence-electron chi connectivity index (χ3n) is 1.36. The van der Waals surface area contributed by atoms with Gasteiger partial charge in [-0.05, 0) is 19.1 Å². The van der Waals surface area contributed by atoms with Crippen LogP contribution in [0.5, 0.6) is 5.75 Å². The highest BCUT2D eigenvalue weighted by Gasteiger charge is 2.06. The predicted octanol–water partition coefficient (Wildman–Crippen LogP) is 2.57. The molecule has 1 aromatic rings. The Bertz CT molecular complexity index is 291. The van der Waals surface area contributed by atoms with E-state index in [9.17, 15) is 4.39 Å². The molecular weight excluding hydrogens is 225 g/mol. The highest BCUT2D eigenvalue weighted by atomic mass is 79.9. The highest BCUT2D eigenvalue weighted by molar-refractivity contribution is 9.10. The summed E-state index contributed by atoms with van der Waals surface area (Å²) < 4.78 is 18.7. The normalized spacial score (nSPS) is 9.92. The average molecular weight is 234 g/mol. The van der Waals surface area contributed by atoms with Gasteiger partial charge in [-0.2, -0.15) is 0 Å². The van der Waals surface area contributed by atoms with Crippen molar-refractivity contribution in [3.05, 3.63) is 22.4 Å². The maximum absolute atomic E-state index is 12.9. The molecule has 0 aliphatic rings. The van der Waals surface area contributed by atoms with E-state index in [1.54, 1.807) is 6.07 Å². The molecule has 0 heterocycles. The Balaban J connectivity index is 3.09. The van der Waals surface area contributed by atoms with Crippen LogP contribution in [0.3, 0.4) is 0 Å². The lowest BCUT2D eigenvalue weighted by molar-refractivity contribution is 0.340. The van der Waals surface area contributed by atoms with Crippen LogP contribution in [0.2, 0.25) is 0 Å². The molecule has 0 aliphatic heterocycles. The zero-order valence-electron chi connectivity index (χ0n) is 6.60. The van der Waals surface area contributed by atoms with Crippen molar-refractivity contribution in [3.8, 4) is 5.75 Å². The number of benzene rings is 1. The number of ether oxygens (including phenoxy) is 1. The van der Waals surface area contributed by atoms with Crippen molar-refractivity contribution < 1.29 is 9.13 Å². The molecule has 2 N–H and O–H groups in total. The van der Waals surface area contributed by atoms with Crippen LogP contribution in [-0.4, -0.2) is 6.61 Å². The second-order valence-corrected chi connectivity index (χ2v) is 3.15. The molecule has 0 fully saturated rings. The molecule has 12 heavy (non-hydrogen) atoms. The van der Waals surface area contributed by atoms with Gasteiger partial charge in [-0.25, -0.2) is 4.39 Å². The molecule has 0 amide bonds. The smallest absolute Gasteiger partial charge is 0.151 e. The lowest BCUT2D eigenvalue weighted by Gasteiger charge is -2.07. The van der Waals surface area contributed by atoms with Gasteiger partial charge in [0.1, 0.15) is 11.4 Å². The summed E-state index contributed by atoms with van der Waals surface area (Å²) in [7, 11) is 0. The van der Waals surface area contributed by atoms with Crippen LogP contribution in [0.4, 0.5) is 10.1 Å². The maximum Gasteiger partial charge on any atom is 0.151 e. The molecule has 0 spiro atoms. The van der Waals surface area contributed by atoms with Crippen molar-refractivity contribution in [2.75, 3.05) is 12.3 Å². The van der Waals surface area contributed by atoms with Crippen LogP contribution < -0.4 is 10.5 Å². The first-order valence-corrected chi connectivity index (χ1v) is 4.31. The van der Waals surface area contributed by atoms with E-state index in [2.05, 4.69) is 15.9 Å². The van der Waals surface area contributed by atoms with Crippen molar-refractivity contribution in [2.45, 2.75) is 6.92 Å². The molecule has 0 saturated carbocycles. The fourth-order valence-corrected chi connectivity index (χ4v) is 1.24. The summed E-state index contributed by atoms with van der Waals surface area (Å²) in [5.74, 6) is -0.0859. The van der Waals surface area contributed by atoms with Gasteiger partial charge in [-0.15, -0.1) is 0 Å². The van der Waals surface area contributed by atoms with E-state index in [0.29, 0.717) is 16.8 Å². The van der Waals surface area contributed by atoms with Crippen molar-refractivity contribution in [1.29, 1.82) is 0 Å². The first-order valence-electron chi connectivity index (χ1n) is 3.52. The Morgan fingerprint density at radius 3 is 2.83 bits per heavy atom. The molecule has 0 bridgehead atoms. The van der Waals surface area contributed by atoms with E-state index >= 15 is 0 Å². The minimum atomic E-state index is -0.465. The minimum Gasteiger partial charge on any atom is -0.492 e. The van der Waals surface area contributed by atoms with Gasteiger partial charge in [0.15, 0.2) is 5.82 Å². The van der Waals surface area contributed by atoms with Crippen LogP contribution in [0.1, 0.15) is 6.92 Å². The molecule has 66 valence electrons. The molecule has 0 saturated heterocycles. The van der Waals surface area contributed by atoms with Gasteiger partial charge >= 0.3 is 0 Å². The number of nitrogens with two attached hydrogens (primary N) is 1. The molecule has 0 unspecified atom stereocenters. The zero-order chi connectivity index (χ0) is 9.14. The fraction of sp³-hybridized carbons (Fsp3) is 0.250. The quantitative estimate of drug-likeness (QED) is 0.798. The molecule has 1 rings (SSSR count). The first-order chi connectivity index (χ1) is 5.65.